The first-order chi connectivity index (χ1) is 7.66. The number of hydrogen-bond acceptors (Lipinski definition) is 3. The number of aromatic hydroxyl groups is 1. The van der Waals surface area contributed by atoms with E-state index in [0.717, 1.165) is 22.6 Å². The normalized spacial score (nSPS) is 10.4. The Morgan fingerprint density at radius 1 is 1.38 bits per heavy atom. The van der Waals surface area contributed by atoms with Crippen molar-refractivity contribution in [2.24, 2.45) is 0 Å². The van der Waals surface area contributed by atoms with Gasteiger partial charge in [0.15, 0.2) is 0 Å². The van der Waals surface area contributed by atoms with Crippen molar-refractivity contribution in [3.8, 4) is 5.75 Å². The number of rotatable bonds is 3. The summed E-state index contributed by atoms with van der Waals surface area (Å²) in [5.74, 6) is 0.321. The molecule has 0 bridgehead atoms. The molecule has 84 valence electrons. The molecule has 1 aromatic heterocycles. The zero-order valence-electron chi connectivity index (χ0n) is 9.41. The molecule has 0 unspecified atom stereocenters. The molecular weight excluding hydrogens is 202 g/mol. The lowest BCUT2D eigenvalue weighted by Gasteiger charge is -2.07. The van der Waals surface area contributed by atoms with Gasteiger partial charge in [-0.2, -0.15) is 0 Å². The molecule has 0 fully saturated rings. The second-order valence-corrected chi connectivity index (χ2v) is 3.83. The second-order valence-electron chi connectivity index (χ2n) is 3.83. The van der Waals surface area contributed by atoms with Crippen molar-refractivity contribution in [2.75, 3.05) is 5.32 Å². The molecule has 16 heavy (non-hydrogen) atoms. The number of aromatic amines is 1. The number of hydrogen-bond donors (Lipinski definition) is 3. The number of nitrogens with zero attached hydrogens (tertiary/aromatic N) is 1. The van der Waals surface area contributed by atoms with Gasteiger partial charge in [0.05, 0.1) is 18.6 Å². The molecule has 2 aromatic rings. The number of aryl methyl sites for hydroxylation is 2. The van der Waals surface area contributed by atoms with Gasteiger partial charge in [-0.25, -0.2) is 4.98 Å². The van der Waals surface area contributed by atoms with Gasteiger partial charge in [0, 0.05) is 11.4 Å². The summed E-state index contributed by atoms with van der Waals surface area (Å²) in [6.07, 6.45) is 1.69. The molecule has 0 amide bonds. The molecule has 4 nitrogen and oxygen atoms in total. The summed E-state index contributed by atoms with van der Waals surface area (Å²) >= 11 is 0. The molecule has 0 aliphatic carbocycles. The van der Waals surface area contributed by atoms with Gasteiger partial charge in [-0.3, -0.25) is 0 Å². The summed E-state index contributed by atoms with van der Waals surface area (Å²) in [7, 11) is 0. The Kier molecular flexibility index (Phi) is 2.81. The number of aromatic nitrogens is 2. The zero-order chi connectivity index (χ0) is 11.5. The van der Waals surface area contributed by atoms with Gasteiger partial charge in [-0.05, 0) is 37.6 Å². The average molecular weight is 217 g/mol. The number of benzene rings is 1. The fraction of sp³-hybridized carbons (Fsp3) is 0.250. The Hall–Kier alpha value is -1.97. The smallest absolute Gasteiger partial charge is 0.118 e. The van der Waals surface area contributed by atoms with Gasteiger partial charge in [0.2, 0.25) is 0 Å². The molecule has 3 N–H and O–H groups in total. The van der Waals surface area contributed by atoms with E-state index in [4.69, 9.17) is 0 Å². The highest BCUT2D eigenvalue weighted by atomic mass is 16.3. The van der Waals surface area contributed by atoms with Gasteiger partial charge in [-0.1, -0.05) is 0 Å². The van der Waals surface area contributed by atoms with Crippen molar-refractivity contribution in [2.45, 2.75) is 20.4 Å². The van der Waals surface area contributed by atoms with Crippen LogP contribution in [0.15, 0.2) is 24.5 Å². The maximum Gasteiger partial charge on any atom is 0.118 e. The third-order valence-electron chi connectivity index (χ3n) is 2.59. The number of phenols is 1. The van der Waals surface area contributed by atoms with E-state index in [1.807, 2.05) is 26.0 Å². The lowest BCUT2D eigenvalue weighted by Crippen LogP contribution is -2.01. The van der Waals surface area contributed by atoms with Crippen LogP contribution in [0.3, 0.4) is 0 Å². The quantitative estimate of drug-likeness (QED) is 0.691. The van der Waals surface area contributed by atoms with E-state index in [9.17, 15) is 5.11 Å². The molecule has 0 saturated carbocycles. The Balaban J connectivity index is 2.05. The van der Waals surface area contributed by atoms with Gasteiger partial charge >= 0.3 is 0 Å². The fourth-order valence-corrected chi connectivity index (χ4v) is 1.52. The minimum Gasteiger partial charge on any atom is -0.508 e. The average Bonchev–Trinajstić information content (AvgIpc) is 2.66. The monoisotopic (exact) mass is 217 g/mol. The number of imidazole rings is 1. The van der Waals surface area contributed by atoms with E-state index in [1.165, 1.54) is 0 Å². The lowest BCUT2D eigenvalue weighted by molar-refractivity contribution is 0.471. The van der Waals surface area contributed by atoms with Crippen molar-refractivity contribution < 1.29 is 5.11 Å². The van der Waals surface area contributed by atoms with E-state index in [1.54, 1.807) is 12.4 Å². The standard InChI is InChI=1S/C12H15N3O/c1-8-5-10(3-4-12(8)16)13-6-11-9(2)14-7-15-11/h3-5,7,13,16H,6H2,1-2H3,(H,14,15). The molecule has 4 heteroatoms. The summed E-state index contributed by atoms with van der Waals surface area (Å²) < 4.78 is 0. The molecule has 0 radical (unpaired) electrons. The van der Waals surface area contributed by atoms with Gasteiger partial charge in [0.25, 0.3) is 0 Å². The van der Waals surface area contributed by atoms with Gasteiger partial charge in [-0.15, -0.1) is 0 Å². The molecular formula is C12H15N3O. The summed E-state index contributed by atoms with van der Waals surface area (Å²) in [5, 5.41) is 12.7. The highest BCUT2D eigenvalue weighted by Gasteiger charge is 2.01. The first-order valence-electron chi connectivity index (χ1n) is 5.19. The fourth-order valence-electron chi connectivity index (χ4n) is 1.52. The van der Waals surface area contributed by atoms with Gasteiger partial charge in [0.1, 0.15) is 5.75 Å². The van der Waals surface area contributed by atoms with Crippen LogP contribution in [0.4, 0.5) is 5.69 Å². The topological polar surface area (TPSA) is 60.9 Å². The van der Waals surface area contributed by atoms with Crippen LogP contribution in [0.5, 0.6) is 5.75 Å². The Morgan fingerprint density at radius 2 is 2.19 bits per heavy atom. The number of phenolic OH excluding ortho intramolecular Hbond substituents is 1. The molecule has 0 spiro atoms. The van der Waals surface area contributed by atoms with Crippen LogP contribution in [-0.2, 0) is 6.54 Å². The number of nitrogens with one attached hydrogen (secondary N) is 2. The summed E-state index contributed by atoms with van der Waals surface area (Å²) in [6, 6.07) is 5.46. The Bertz CT molecular complexity index is 491. The lowest BCUT2D eigenvalue weighted by atomic mass is 10.2. The molecule has 1 heterocycles. The molecule has 1 aromatic carbocycles. The SMILES string of the molecule is Cc1cc(NCc2nc[nH]c2C)ccc1O. The Morgan fingerprint density at radius 3 is 2.81 bits per heavy atom. The number of H-pyrrole nitrogens is 1. The Labute approximate surface area is 94.4 Å². The van der Waals surface area contributed by atoms with E-state index in [2.05, 4.69) is 15.3 Å². The van der Waals surface area contributed by atoms with E-state index >= 15 is 0 Å². The summed E-state index contributed by atoms with van der Waals surface area (Å²) in [4.78, 5) is 7.24. The molecule has 0 saturated heterocycles. The minimum absolute atomic E-state index is 0.321. The number of anilines is 1. The minimum atomic E-state index is 0.321. The van der Waals surface area contributed by atoms with Crippen LogP contribution in [0.25, 0.3) is 0 Å². The van der Waals surface area contributed by atoms with E-state index in [0.29, 0.717) is 12.3 Å². The maximum absolute atomic E-state index is 9.39. The third-order valence-corrected chi connectivity index (χ3v) is 2.59. The van der Waals surface area contributed by atoms with Crippen molar-refractivity contribution in [3.05, 3.63) is 41.5 Å². The van der Waals surface area contributed by atoms with Crippen molar-refractivity contribution in [1.29, 1.82) is 0 Å². The highest BCUT2D eigenvalue weighted by molar-refractivity contribution is 5.50. The van der Waals surface area contributed by atoms with Crippen LogP contribution < -0.4 is 5.32 Å². The van der Waals surface area contributed by atoms with E-state index in [-0.39, 0.29) is 0 Å². The van der Waals surface area contributed by atoms with Gasteiger partial charge < -0.3 is 15.4 Å². The zero-order valence-corrected chi connectivity index (χ0v) is 9.41. The first-order valence-corrected chi connectivity index (χ1v) is 5.19. The predicted octanol–water partition coefficient (Wildman–Crippen LogP) is 2.34. The highest BCUT2D eigenvalue weighted by Crippen LogP contribution is 2.20. The van der Waals surface area contributed by atoms with E-state index < -0.39 is 0 Å². The second kappa shape index (κ2) is 4.26. The summed E-state index contributed by atoms with van der Waals surface area (Å²) in [5.41, 5.74) is 3.93. The summed E-state index contributed by atoms with van der Waals surface area (Å²) in [6.45, 7) is 4.55. The molecule has 0 aliphatic rings. The van der Waals surface area contributed by atoms with Crippen molar-refractivity contribution >= 4 is 5.69 Å². The van der Waals surface area contributed by atoms with Crippen molar-refractivity contribution in [1.82, 2.24) is 9.97 Å². The van der Waals surface area contributed by atoms with Crippen LogP contribution >= 0.6 is 0 Å². The van der Waals surface area contributed by atoms with Crippen LogP contribution in [0.1, 0.15) is 17.0 Å². The molecule has 0 aliphatic heterocycles. The predicted molar refractivity (Wildman–Crippen MR) is 63.5 cm³/mol. The van der Waals surface area contributed by atoms with Crippen LogP contribution in [-0.4, -0.2) is 15.1 Å². The first kappa shape index (κ1) is 10.5. The van der Waals surface area contributed by atoms with Crippen LogP contribution in [0.2, 0.25) is 0 Å². The van der Waals surface area contributed by atoms with Crippen molar-refractivity contribution in [3.63, 3.8) is 0 Å². The molecule has 2 rings (SSSR count). The largest absolute Gasteiger partial charge is 0.508 e. The third kappa shape index (κ3) is 2.16. The van der Waals surface area contributed by atoms with Crippen LogP contribution in [0, 0.1) is 13.8 Å². The molecule has 0 atom stereocenters. The maximum atomic E-state index is 9.39.